The van der Waals surface area contributed by atoms with Crippen molar-refractivity contribution in [3.8, 4) is 5.75 Å². The lowest BCUT2D eigenvalue weighted by molar-refractivity contribution is -0.133. The predicted molar refractivity (Wildman–Crippen MR) is 140 cm³/mol. The summed E-state index contributed by atoms with van der Waals surface area (Å²) in [7, 11) is 0. The van der Waals surface area contributed by atoms with Crippen LogP contribution in [0.1, 0.15) is 25.3 Å². The summed E-state index contributed by atoms with van der Waals surface area (Å²) >= 11 is 18.5. The van der Waals surface area contributed by atoms with Crippen LogP contribution in [0.25, 0.3) is 0 Å². The molecule has 6 nitrogen and oxygen atoms in total. The molecule has 2 aromatic rings. The Morgan fingerprint density at radius 2 is 1.63 bits per heavy atom. The van der Waals surface area contributed by atoms with Crippen molar-refractivity contribution >= 4 is 46.6 Å². The number of halogens is 3. The second kappa shape index (κ2) is 11.4. The van der Waals surface area contributed by atoms with Crippen molar-refractivity contribution in [2.75, 3.05) is 45.8 Å². The summed E-state index contributed by atoms with van der Waals surface area (Å²) < 4.78 is 6.27. The third-order valence-electron chi connectivity index (χ3n) is 7.00. The molecular weight excluding hydrogens is 509 g/mol. The number of likely N-dealkylation sites (tertiary alicyclic amines) is 1. The lowest BCUT2D eigenvalue weighted by atomic mass is 9.85. The molecule has 2 aliphatic rings. The number of carbonyl (C=O) groups excluding carboxylic acids is 2. The van der Waals surface area contributed by atoms with Crippen LogP contribution in [0.5, 0.6) is 5.75 Å². The fourth-order valence-electron chi connectivity index (χ4n) is 4.93. The first-order chi connectivity index (χ1) is 16.7. The van der Waals surface area contributed by atoms with Gasteiger partial charge in [-0.25, -0.2) is 0 Å². The highest BCUT2D eigenvalue weighted by Gasteiger charge is 2.40. The Morgan fingerprint density at radius 3 is 2.26 bits per heavy atom. The van der Waals surface area contributed by atoms with Gasteiger partial charge in [0.2, 0.25) is 11.8 Å². The number of nitrogens with zero attached hydrogens (tertiary/aromatic N) is 3. The lowest BCUT2D eigenvalue weighted by Gasteiger charge is -2.34. The normalized spacial score (nSPS) is 21.7. The fraction of sp³-hybridized carbons (Fsp3) is 0.462. The number of hydrogen-bond donors (Lipinski definition) is 0. The van der Waals surface area contributed by atoms with Gasteiger partial charge in [-0.3, -0.25) is 14.5 Å². The molecule has 2 aliphatic heterocycles. The second-order valence-electron chi connectivity index (χ2n) is 9.30. The zero-order chi connectivity index (χ0) is 25.1. The van der Waals surface area contributed by atoms with Crippen molar-refractivity contribution < 1.29 is 14.3 Å². The van der Waals surface area contributed by atoms with E-state index < -0.39 is 0 Å². The standard InChI is InChI=1S/C26H30Cl3N3O3/c1-17(35-21-6-4-20(27)5-7-21)22-14-32(15-23(22)19-3-8-24(28)25(29)13-19)26(34)16-30-9-11-31(12-10-30)18(2)33/h3-8,13,17,22-23H,9-12,14-16H2,1-2H3/t17?,22-,23-/m0/s1. The Bertz CT molecular complexity index is 1060. The fourth-order valence-corrected chi connectivity index (χ4v) is 5.36. The van der Waals surface area contributed by atoms with Crippen molar-refractivity contribution in [3.05, 3.63) is 63.1 Å². The molecule has 2 heterocycles. The van der Waals surface area contributed by atoms with Gasteiger partial charge in [0.1, 0.15) is 11.9 Å². The topological polar surface area (TPSA) is 53.1 Å². The highest BCUT2D eigenvalue weighted by molar-refractivity contribution is 6.42. The zero-order valence-electron chi connectivity index (χ0n) is 19.9. The first-order valence-electron chi connectivity index (χ1n) is 11.8. The average Bonchev–Trinajstić information content (AvgIpc) is 3.28. The van der Waals surface area contributed by atoms with E-state index in [0.717, 1.165) is 11.3 Å². The second-order valence-corrected chi connectivity index (χ2v) is 10.6. The van der Waals surface area contributed by atoms with Gasteiger partial charge in [0.15, 0.2) is 0 Å². The van der Waals surface area contributed by atoms with Crippen LogP contribution in [0.3, 0.4) is 0 Å². The van der Waals surface area contributed by atoms with E-state index in [1.165, 1.54) is 0 Å². The zero-order valence-corrected chi connectivity index (χ0v) is 22.2. The molecule has 9 heteroatoms. The van der Waals surface area contributed by atoms with Gasteiger partial charge in [0.05, 0.1) is 16.6 Å². The summed E-state index contributed by atoms with van der Waals surface area (Å²) in [6.07, 6.45) is -0.146. The molecule has 3 atom stereocenters. The van der Waals surface area contributed by atoms with E-state index in [0.29, 0.717) is 60.9 Å². The molecule has 2 saturated heterocycles. The number of piperazine rings is 1. The minimum absolute atomic E-state index is 0.0607. The Hall–Kier alpha value is -1.99. The Balaban J connectivity index is 1.47. The molecule has 0 aliphatic carbocycles. The highest BCUT2D eigenvalue weighted by atomic mass is 35.5. The van der Waals surface area contributed by atoms with E-state index in [1.54, 1.807) is 25.1 Å². The monoisotopic (exact) mass is 537 g/mol. The molecule has 0 radical (unpaired) electrons. The van der Waals surface area contributed by atoms with Gasteiger partial charge in [0, 0.05) is 63.1 Å². The molecule has 35 heavy (non-hydrogen) atoms. The first-order valence-corrected chi connectivity index (χ1v) is 13.0. The van der Waals surface area contributed by atoms with Crippen LogP contribution in [-0.2, 0) is 9.59 Å². The highest BCUT2D eigenvalue weighted by Crippen LogP contribution is 2.38. The number of hydrogen-bond acceptors (Lipinski definition) is 4. The van der Waals surface area contributed by atoms with Crippen LogP contribution < -0.4 is 4.74 Å². The van der Waals surface area contributed by atoms with Gasteiger partial charge in [0.25, 0.3) is 0 Å². The minimum atomic E-state index is -0.146. The number of carbonyl (C=O) groups is 2. The van der Waals surface area contributed by atoms with Gasteiger partial charge >= 0.3 is 0 Å². The van der Waals surface area contributed by atoms with Crippen molar-refractivity contribution in [1.82, 2.24) is 14.7 Å². The lowest BCUT2D eigenvalue weighted by Crippen LogP contribution is -2.51. The molecule has 4 rings (SSSR count). The first kappa shape index (κ1) is 26.1. The quantitative estimate of drug-likeness (QED) is 0.529. The molecule has 188 valence electrons. The van der Waals surface area contributed by atoms with Gasteiger partial charge in [-0.1, -0.05) is 40.9 Å². The van der Waals surface area contributed by atoms with E-state index in [1.807, 2.05) is 41.0 Å². The van der Waals surface area contributed by atoms with Crippen molar-refractivity contribution in [2.24, 2.45) is 5.92 Å². The Morgan fingerprint density at radius 1 is 0.943 bits per heavy atom. The van der Waals surface area contributed by atoms with E-state index in [2.05, 4.69) is 4.90 Å². The Labute approximate surface area is 221 Å². The van der Waals surface area contributed by atoms with E-state index in [9.17, 15) is 9.59 Å². The molecule has 0 saturated carbocycles. The average molecular weight is 539 g/mol. The van der Waals surface area contributed by atoms with Crippen LogP contribution in [0.2, 0.25) is 15.1 Å². The summed E-state index contributed by atoms with van der Waals surface area (Å²) in [6.45, 7) is 7.87. The summed E-state index contributed by atoms with van der Waals surface area (Å²) in [5, 5.41) is 1.66. The maximum atomic E-state index is 13.3. The number of benzene rings is 2. The molecule has 0 aromatic heterocycles. The maximum absolute atomic E-state index is 13.3. The van der Waals surface area contributed by atoms with Crippen LogP contribution >= 0.6 is 34.8 Å². The summed E-state index contributed by atoms with van der Waals surface area (Å²) in [4.78, 5) is 30.8. The van der Waals surface area contributed by atoms with Crippen LogP contribution in [-0.4, -0.2) is 78.4 Å². The summed E-state index contributed by atoms with van der Waals surface area (Å²) in [5.41, 5.74) is 1.04. The van der Waals surface area contributed by atoms with Crippen molar-refractivity contribution in [2.45, 2.75) is 25.9 Å². The maximum Gasteiger partial charge on any atom is 0.236 e. The molecule has 2 aromatic carbocycles. The number of rotatable bonds is 6. The van der Waals surface area contributed by atoms with Gasteiger partial charge < -0.3 is 14.5 Å². The third-order valence-corrected chi connectivity index (χ3v) is 8.00. The molecule has 0 N–H and O–H groups in total. The predicted octanol–water partition coefficient (Wildman–Crippen LogP) is 4.82. The summed E-state index contributed by atoms with van der Waals surface area (Å²) in [5.74, 6) is 1.04. The van der Waals surface area contributed by atoms with Crippen LogP contribution in [0.4, 0.5) is 0 Å². The van der Waals surface area contributed by atoms with E-state index in [4.69, 9.17) is 39.5 Å². The SMILES string of the molecule is CC(=O)N1CCN(CC(=O)N2C[C@@H](c3ccc(Cl)c(Cl)c3)[C@H](C(C)Oc3ccc(Cl)cc3)C2)CC1. The van der Waals surface area contributed by atoms with Crippen molar-refractivity contribution in [1.29, 1.82) is 0 Å². The molecular formula is C26H30Cl3N3O3. The summed E-state index contributed by atoms with van der Waals surface area (Å²) in [6, 6.07) is 13.0. The van der Waals surface area contributed by atoms with E-state index in [-0.39, 0.29) is 29.8 Å². The molecule has 1 unspecified atom stereocenters. The largest absolute Gasteiger partial charge is 0.490 e. The molecule has 0 bridgehead atoms. The molecule has 2 fully saturated rings. The third kappa shape index (κ3) is 6.42. The van der Waals surface area contributed by atoms with Crippen LogP contribution in [0.15, 0.2) is 42.5 Å². The number of ether oxygens (including phenoxy) is 1. The van der Waals surface area contributed by atoms with Crippen LogP contribution in [0, 0.1) is 5.92 Å². The molecule has 2 amide bonds. The minimum Gasteiger partial charge on any atom is -0.490 e. The van der Waals surface area contributed by atoms with Gasteiger partial charge in [-0.15, -0.1) is 0 Å². The smallest absolute Gasteiger partial charge is 0.236 e. The molecule has 0 spiro atoms. The van der Waals surface area contributed by atoms with E-state index >= 15 is 0 Å². The van der Waals surface area contributed by atoms with Gasteiger partial charge in [-0.05, 0) is 48.9 Å². The Kier molecular flexibility index (Phi) is 8.48. The van der Waals surface area contributed by atoms with Crippen molar-refractivity contribution in [3.63, 3.8) is 0 Å². The van der Waals surface area contributed by atoms with Gasteiger partial charge in [-0.2, -0.15) is 0 Å². The number of amides is 2.